The van der Waals surface area contributed by atoms with Gasteiger partial charge in [0.1, 0.15) is 0 Å². The smallest absolute Gasteiger partial charge is 0.251 e. The van der Waals surface area contributed by atoms with Crippen molar-refractivity contribution in [1.29, 1.82) is 0 Å². The van der Waals surface area contributed by atoms with Crippen LogP contribution in [0.4, 0.5) is 0 Å². The van der Waals surface area contributed by atoms with Crippen LogP contribution in [0.15, 0.2) is 10.9 Å². The summed E-state index contributed by atoms with van der Waals surface area (Å²) in [5.41, 5.74) is 0.560. The summed E-state index contributed by atoms with van der Waals surface area (Å²) in [6.07, 6.45) is 0. The second-order valence-corrected chi connectivity index (χ2v) is 2.84. The zero-order valence-corrected chi connectivity index (χ0v) is 7.52. The molecule has 0 bridgehead atoms. The number of aromatic amines is 1. The normalized spacial score (nSPS) is 10.2. The molecule has 0 fully saturated rings. The summed E-state index contributed by atoms with van der Waals surface area (Å²) in [7, 11) is 0. The molecule has 66 valence electrons. The van der Waals surface area contributed by atoms with E-state index in [9.17, 15) is 4.79 Å². The van der Waals surface area contributed by atoms with Gasteiger partial charge in [0.15, 0.2) is 4.77 Å². The van der Waals surface area contributed by atoms with Crippen molar-refractivity contribution in [3.63, 3.8) is 0 Å². The predicted octanol–water partition coefficient (Wildman–Crippen LogP) is 0.207. The topological polar surface area (TPSA) is 58.0 Å². The number of aromatic nitrogens is 2. The monoisotopic (exact) mass is 186 g/mol. The Bertz CT molecular complexity index is 380. The Morgan fingerprint density at radius 2 is 2.42 bits per heavy atom. The van der Waals surface area contributed by atoms with Gasteiger partial charge in [0.2, 0.25) is 0 Å². The van der Waals surface area contributed by atoms with Gasteiger partial charge in [-0.1, -0.05) is 0 Å². The predicted molar refractivity (Wildman–Crippen MR) is 47.7 cm³/mol. The molecule has 0 saturated heterocycles. The minimum atomic E-state index is -0.202. The summed E-state index contributed by atoms with van der Waals surface area (Å²) >= 11 is 4.89. The Labute approximate surface area is 74.5 Å². The van der Waals surface area contributed by atoms with Crippen LogP contribution in [0.25, 0.3) is 0 Å². The van der Waals surface area contributed by atoms with Crippen molar-refractivity contribution in [3.8, 4) is 0 Å². The van der Waals surface area contributed by atoms with Crippen LogP contribution in [0.3, 0.4) is 0 Å². The zero-order valence-electron chi connectivity index (χ0n) is 6.70. The third kappa shape index (κ3) is 1.80. The molecule has 0 spiro atoms. The Hall–Kier alpha value is -0.940. The van der Waals surface area contributed by atoms with Gasteiger partial charge < -0.3 is 9.67 Å². The van der Waals surface area contributed by atoms with Crippen LogP contribution in [0.2, 0.25) is 0 Å². The van der Waals surface area contributed by atoms with Gasteiger partial charge in [-0.3, -0.25) is 9.78 Å². The van der Waals surface area contributed by atoms with Gasteiger partial charge in [-0.2, -0.15) is 0 Å². The van der Waals surface area contributed by atoms with Crippen LogP contribution in [-0.4, -0.2) is 21.3 Å². The lowest BCUT2D eigenvalue weighted by Gasteiger charge is -2.07. The highest BCUT2D eigenvalue weighted by molar-refractivity contribution is 7.71. The first kappa shape index (κ1) is 9.15. The quantitative estimate of drug-likeness (QED) is 0.649. The highest BCUT2D eigenvalue weighted by Gasteiger charge is 1.97. The van der Waals surface area contributed by atoms with Gasteiger partial charge in [0.05, 0.1) is 6.61 Å². The van der Waals surface area contributed by atoms with E-state index in [1.165, 1.54) is 6.07 Å². The van der Waals surface area contributed by atoms with Gasteiger partial charge in [-0.15, -0.1) is 0 Å². The molecular weight excluding hydrogens is 176 g/mol. The molecule has 0 radical (unpaired) electrons. The fourth-order valence-electron chi connectivity index (χ4n) is 1.01. The summed E-state index contributed by atoms with van der Waals surface area (Å²) < 4.78 is 2.03. The Morgan fingerprint density at radius 1 is 1.75 bits per heavy atom. The third-order valence-electron chi connectivity index (χ3n) is 1.56. The van der Waals surface area contributed by atoms with E-state index in [-0.39, 0.29) is 12.2 Å². The highest BCUT2D eigenvalue weighted by atomic mass is 32.1. The fraction of sp³-hybridized carbons (Fsp3) is 0.429. The van der Waals surface area contributed by atoms with Crippen molar-refractivity contribution in [2.45, 2.75) is 13.5 Å². The molecule has 1 heterocycles. The van der Waals surface area contributed by atoms with Gasteiger partial charge in [-0.25, -0.2) is 0 Å². The van der Waals surface area contributed by atoms with Crippen LogP contribution in [0, 0.1) is 11.7 Å². The minimum absolute atomic E-state index is 0.0151. The molecule has 0 unspecified atom stereocenters. The van der Waals surface area contributed by atoms with Crippen molar-refractivity contribution < 1.29 is 5.11 Å². The van der Waals surface area contributed by atoms with E-state index in [4.69, 9.17) is 17.3 Å². The third-order valence-corrected chi connectivity index (χ3v) is 1.89. The molecule has 0 aromatic carbocycles. The summed E-state index contributed by atoms with van der Waals surface area (Å²) in [6, 6.07) is 1.45. The average Bonchev–Trinajstić information content (AvgIpc) is 1.96. The Kier molecular flexibility index (Phi) is 2.78. The van der Waals surface area contributed by atoms with Crippen LogP contribution in [0.5, 0.6) is 0 Å². The molecule has 1 aromatic heterocycles. The average molecular weight is 186 g/mol. The molecule has 0 aliphatic heterocycles. The largest absolute Gasteiger partial charge is 0.395 e. The maximum atomic E-state index is 10.9. The molecule has 0 atom stereocenters. The van der Waals surface area contributed by atoms with Gasteiger partial charge in [0, 0.05) is 18.3 Å². The Morgan fingerprint density at radius 3 is 2.92 bits per heavy atom. The maximum Gasteiger partial charge on any atom is 0.251 e. The van der Waals surface area contributed by atoms with E-state index >= 15 is 0 Å². The summed E-state index contributed by atoms with van der Waals surface area (Å²) in [5, 5.41) is 8.68. The SMILES string of the molecule is Cc1cc(=O)[nH]c(=S)n1CCO. The van der Waals surface area contributed by atoms with Crippen molar-refractivity contribution in [3.05, 3.63) is 26.9 Å². The molecular formula is C7H10N2O2S. The van der Waals surface area contributed by atoms with E-state index < -0.39 is 0 Å². The first-order chi connectivity index (χ1) is 5.65. The number of aliphatic hydroxyl groups excluding tert-OH is 1. The van der Waals surface area contributed by atoms with Gasteiger partial charge in [0.25, 0.3) is 5.56 Å². The number of aryl methyl sites for hydroxylation is 1. The van der Waals surface area contributed by atoms with Gasteiger partial charge >= 0.3 is 0 Å². The standard InChI is InChI=1S/C7H10N2O2S/c1-5-4-6(11)8-7(12)9(5)2-3-10/h4,10H,2-3H2,1H3,(H,8,11,12). The molecule has 0 saturated carbocycles. The second-order valence-electron chi connectivity index (χ2n) is 2.46. The highest BCUT2D eigenvalue weighted by Crippen LogP contribution is 1.94. The van der Waals surface area contributed by atoms with E-state index in [0.717, 1.165) is 5.69 Å². The number of hydrogen-bond acceptors (Lipinski definition) is 3. The number of nitrogens with zero attached hydrogens (tertiary/aromatic N) is 1. The molecule has 0 amide bonds. The number of hydrogen-bond donors (Lipinski definition) is 2. The molecule has 4 nitrogen and oxygen atoms in total. The molecule has 12 heavy (non-hydrogen) atoms. The maximum absolute atomic E-state index is 10.9. The van der Waals surface area contributed by atoms with Crippen LogP contribution in [-0.2, 0) is 6.54 Å². The van der Waals surface area contributed by atoms with E-state index in [1.807, 2.05) is 0 Å². The van der Waals surface area contributed by atoms with Gasteiger partial charge in [-0.05, 0) is 19.1 Å². The summed E-state index contributed by atoms with van der Waals surface area (Å²) in [6.45, 7) is 2.21. The number of rotatable bonds is 2. The van der Waals surface area contributed by atoms with E-state index in [1.54, 1.807) is 11.5 Å². The van der Waals surface area contributed by atoms with Crippen molar-refractivity contribution in [2.75, 3.05) is 6.61 Å². The molecule has 2 N–H and O–H groups in total. The number of nitrogens with one attached hydrogen (secondary N) is 1. The molecule has 0 aliphatic rings. The van der Waals surface area contributed by atoms with E-state index in [0.29, 0.717) is 11.3 Å². The lowest BCUT2D eigenvalue weighted by atomic mass is 10.4. The number of aliphatic hydroxyl groups is 1. The lowest BCUT2D eigenvalue weighted by molar-refractivity contribution is 0.273. The van der Waals surface area contributed by atoms with Crippen LogP contribution < -0.4 is 5.56 Å². The minimum Gasteiger partial charge on any atom is -0.395 e. The van der Waals surface area contributed by atoms with Crippen LogP contribution >= 0.6 is 12.2 Å². The zero-order chi connectivity index (χ0) is 9.14. The first-order valence-corrected chi connectivity index (χ1v) is 3.97. The summed E-state index contributed by atoms with van der Waals surface area (Å²) in [5.74, 6) is 0. The summed E-state index contributed by atoms with van der Waals surface area (Å²) in [4.78, 5) is 13.3. The van der Waals surface area contributed by atoms with E-state index in [2.05, 4.69) is 4.98 Å². The van der Waals surface area contributed by atoms with Crippen molar-refractivity contribution in [1.82, 2.24) is 9.55 Å². The fourth-order valence-corrected chi connectivity index (χ4v) is 1.35. The molecule has 0 aliphatic carbocycles. The second kappa shape index (κ2) is 3.64. The first-order valence-electron chi connectivity index (χ1n) is 3.57. The van der Waals surface area contributed by atoms with Crippen molar-refractivity contribution >= 4 is 12.2 Å². The molecule has 5 heteroatoms. The van der Waals surface area contributed by atoms with Crippen molar-refractivity contribution in [2.24, 2.45) is 0 Å². The van der Waals surface area contributed by atoms with Crippen LogP contribution in [0.1, 0.15) is 5.69 Å². The Balaban J connectivity index is 3.29. The number of H-pyrrole nitrogens is 1. The lowest BCUT2D eigenvalue weighted by Crippen LogP contribution is -2.16. The molecule has 1 rings (SSSR count). The molecule has 1 aromatic rings.